The van der Waals surface area contributed by atoms with Crippen LogP contribution in [0.1, 0.15) is 30.0 Å². The fourth-order valence-corrected chi connectivity index (χ4v) is 2.70. The summed E-state index contributed by atoms with van der Waals surface area (Å²) in [6, 6.07) is 0. The summed E-state index contributed by atoms with van der Waals surface area (Å²) < 4.78 is 0. The van der Waals surface area contributed by atoms with Gasteiger partial charge in [-0.1, -0.05) is 0 Å². The van der Waals surface area contributed by atoms with Gasteiger partial charge in [0.05, 0.1) is 11.9 Å². The van der Waals surface area contributed by atoms with E-state index in [9.17, 15) is 0 Å². The van der Waals surface area contributed by atoms with Gasteiger partial charge < -0.3 is 4.90 Å². The second-order valence-corrected chi connectivity index (χ2v) is 4.94. The summed E-state index contributed by atoms with van der Waals surface area (Å²) in [5.74, 6) is 1.41. The van der Waals surface area contributed by atoms with Crippen molar-refractivity contribution in [3.8, 4) is 0 Å². The van der Waals surface area contributed by atoms with Gasteiger partial charge in [-0.15, -0.1) is 0 Å². The number of nitrogens with zero attached hydrogens (tertiary/aromatic N) is 5. The molecule has 0 aliphatic carbocycles. The van der Waals surface area contributed by atoms with Gasteiger partial charge in [-0.2, -0.15) is 0 Å². The molecule has 0 amide bonds. The topological polar surface area (TPSA) is 54.8 Å². The Labute approximate surface area is 112 Å². The Hall–Kier alpha value is -2.04. The number of rotatable bonds is 2. The molecule has 5 heteroatoms. The molecule has 0 saturated carbocycles. The van der Waals surface area contributed by atoms with Crippen LogP contribution >= 0.6 is 0 Å². The van der Waals surface area contributed by atoms with Crippen LogP contribution in [0.25, 0.3) is 0 Å². The fraction of sp³-hybridized carbons (Fsp3) is 0.429. The SMILES string of the molecule is Cc1cncnc1[C@H]1CCCN(c2cnccn2)C1. The molecule has 0 aromatic carbocycles. The quantitative estimate of drug-likeness (QED) is 0.821. The molecule has 0 radical (unpaired) electrons. The molecular formula is C14H17N5. The molecule has 3 heterocycles. The Morgan fingerprint density at radius 2 is 2.11 bits per heavy atom. The Balaban J connectivity index is 1.81. The highest BCUT2D eigenvalue weighted by atomic mass is 15.2. The molecule has 0 N–H and O–H groups in total. The maximum Gasteiger partial charge on any atom is 0.147 e. The van der Waals surface area contributed by atoms with Gasteiger partial charge in [0.1, 0.15) is 12.1 Å². The van der Waals surface area contributed by atoms with Gasteiger partial charge in [0.25, 0.3) is 0 Å². The lowest BCUT2D eigenvalue weighted by molar-refractivity contribution is 0.495. The Morgan fingerprint density at radius 3 is 2.89 bits per heavy atom. The van der Waals surface area contributed by atoms with Crippen molar-refractivity contribution in [2.24, 2.45) is 0 Å². The second kappa shape index (κ2) is 5.30. The van der Waals surface area contributed by atoms with Gasteiger partial charge in [-0.25, -0.2) is 15.0 Å². The number of aryl methyl sites for hydroxylation is 1. The van der Waals surface area contributed by atoms with Crippen molar-refractivity contribution < 1.29 is 0 Å². The zero-order valence-electron chi connectivity index (χ0n) is 11.0. The first kappa shape index (κ1) is 12.0. The molecule has 98 valence electrons. The third-order valence-electron chi connectivity index (χ3n) is 3.62. The molecule has 1 saturated heterocycles. The standard InChI is InChI=1S/C14H17N5/c1-11-7-16-10-18-14(11)12-3-2-6-19(9-12)13-8-15-4-5-17-13/h4-5,7-8,10,12H,2-3,6,9H2,1H3/t12-/m0/s1. The van der Waals surface area contributed by atoms with E-state index in [1.807, 2.05) is 12.4 Å². The minimum Gasteiger partial charge on any atom is -0.355 e. The molecule has 3 rings (SSSR count). The molecule has 1 aliphatic rings. The highest BCUT2D eigenvalue weighted by molar-refractivity contribution is 5.37. The lowest BCUT2D eigenvalue weighted by Gasteiger charge is -2.33. The molecule has 1 fully saturated rings. The molecule has 0 unspecified atom stereocenters. The van der Waals surface area contributed by atoms with Crippen molar-refractivity contribution in [1.29, 1.82) is 0 Å². The molecule has 0 spiro atoms. The number of piperidine rings is 1. The first-order valence-corrected chi connectivity index (χ1v) is 6.62. The van der Waals surface area contributed by atoms with Gasteiger partial charge >= 0.3 is 0 Å². The molecule has 5 nitrogen and oxygen atoms in total. The van der Waals surface area contributed by atoms with E-state index >= 15 is 0 Å². The monoisotopic (exact) mass is 255 g/mol. The van der Waals surface area contributed by atoms with E-state index in [0.717, 1.165) is 25.3 Å². The highest BCUT2D eigenvalue weighted by Crippen LogP contribution is 2.28. The summed E-state index contributed by atoms with van der Waals surface area (Å²) in [6.45, 7) is 4.08. The van der Waals surface area contributed by atoms with Crippen molar-refractivity contribution in [1.82, 2.24) is 19.9 Å². The molecule has 0 bridgehead atoms. The van der Waals surface area contributed by atoms with Crippen LogP contribution in [0.5, 0.6) is 0 Å². The first-order valence-electron chi connectivity index (χ1n) is 6.62. The van der Waals surface area contributed by atoms with Gasteiger partial charge in [-0.3, -0.25) is 4.98 Å². The summed E-state index contributed by atoms with van der Waals surface area (Å²) in [5, 5.41) is 0. The smallest absolute Gasteiger partial charge is 0.147 e. The number of hydrogen-bond acceptors (Lipinski definition) is 5. The van der Waals surface area contributed by atoms with Gasteiger partial charge in [0, 0.05) is 37.6 Å². The summed E-state index contributed by atoms with van der Waals surface area (Å²) in [7, 11) is 0. The van der Waals surface area contributed by atoms with Crippen molar-refractivity contribution in [3.63, 3.8) is 0 Å². The number of aromatic nitrogens is 4. The van der Waals surface area contributed by atoms with Crippen molar-refractivity contribution in [3.05, 3.63) is 42.4 Å². The van der Waals surface area contributed by atoms with Gasteiger partial charge in [0.2, 0.25) is 0 Å². The Bertz CT molecular complexity index is 543. The van der Waals surface area contributed by atoms with Crippen LogP contribution in [0.4, 0.5) is 5.82 Å². The molecule has 1 aliphatic heterocycles. The van der Waals surface area contributed by atoms with Crippen LogP contribution in [0.3, 0.4) is 0 Å². The molecule has 1 atom stereocenters. The zero-order chi connectivity index (χ0) is 13.1. The molecular weight excluding hydrogens is 238 g/mol. The minimum atomic E-state index is 0.457. The summed E-state index contributed by atoms with van der Waals surface area (Å²) in [6.07, 6.45) is 11.1. The summed E-state index contributed by atoms with van der Waals surface area (Å²) in [4.78, 5) is 19.3. The lowest BCUT2D eigenvalue weighted by atomic mass is 9.92. The van der Waals surface area contributed by atoms with Gasteiger partial charge in [-0.05, 0) is 25.3 Å². The van der Waals surface area contributed by atoms with Crippen molar-refractivity contribution >= 4 is 5.82 Å². The third-order valence-corrected chi connectivity index (χ3v) is 3.62. The van der Waals surface area contributed by atoms with Crippen LogP contribution in [-0.4, -0.2) is 33.0 Å². The van der Waals surface area contributed by atoms with E-state index in [2.05, 4.69) is 31.8 Å². The van der Waals surface area contributed by atoms with E-state index in [1.165, 1.54) is 17.7 Å². The first-order chi connectivity index (χ1) is 9.34. The van der Waals surface area contributed by atoms with Crippen LogP contribution in [0.2, 0.25) is 0 Å². The fourth-order valence-electron chi connectivity index (χ4n) is 2.70. The van der Waals surface area contributed by atoms with E-state index < -0.39 is 0 Å². The summed E-state index contributed by atoms with van der Waals surface area (Å²) in [5.41, 5.74) is 2.34. The van der Waals surface area contributed by atoms with Crippen LogP contribution in [0, 0.1) is 6.92 Å². The van der Waals surface area contributed by atoms with Crippen molar-refractivity contribution in [2.45, 2.75) is 25.7 Å². The number of anilines is 1. The van der Waals surface area contributed by atoms with Crippen LogP contribution in [0.15, 0.2) is 31.1 Å². The predicted octanol–water partition coefficient (Wildman–Crippen LogP) is 1.96. The number of hydrogen-bond donors (Lipinski definition) is 0. The van der Waals surface area contributed by atoms with Crippen molar-refractivity contribution in [2.75, 3.05) is 18.0 Å². The highest BCUT2D eigenvalue weighted by Gasteiger charge is 2.24. The van der Waals surface area contributed by atoms with Crippen LogP contribution in [-0.2, 0) is 0 Å². The maximum absolute atomic E-state index is 4.46. The maximum atomic E-state index is 4.46. The van der Waals surface area contributed by atoms with E-state index in [-0.39, 0.29) is 0 Å². The van der Waals surface area contributed by atoms with E-state index in [0.29, 0.717) is 5.92 Å². The van der Waals surface area contributed by atoms with Crippen LogP contribution < -0.4 is 4.90 Å². The van der Waals surface area contributed by atoms with E-state index in [4.69, 9.17) is 0 Å². The molecule has 2 aromatic heterocycles. The third kappa shape index (κ3) is 2.54. The Kier molecular flexibility index (Phi) is 3.35. The summed E-state index contributed by atoms with van der Waals surface area (Å²) >= 11 is 0. The van der Waals surface area contributed by atoms with Gasteiger partial charge in [0.15, 0.2) is 0 Å². The minimum absolute atomic E-state index is 0.457. The largest absolute Gasteiger partial charge is 0.355 e. The Morgan fingerprint density at radius 1 is 1.16 bits per heavy atom. The predicted molar refractivity (Wildman–Crippen MR) is 73.0 cm³/mol. The lowest BCUT2D eigenvalue weighted by Crippen LogP contribution is -2.35. The zero-order valence-corrected chi connectivity index (χ0v) is 11.0. The second-order valence-electron chi connectivity index (χ2n) is 4.94. The molecule has 2 aromatic rings. The normalized spacial score (nSPS) is 19.4. The average Bonchev–Trinajstić information content (AvgIpc) is 2.49. The average molecular weight is 255 g/mol. The molecule has 19 heavy (non-hydrogen) atoms. The van der Waals surface area contributed by atoms with E-state index in [1.54, 1.807) is 18.7 Å².